The summed E-state index contributed by atoms with van der Waals surface area (Å²) in [5, 5.41) is 1.27. The molecule has 0 aliphatic rings. The fourth-order valence-corrected chi connectivity index (χ4v) is 3.26. The van der Waals surface area contributed by atoms with Crippen LogP contribution in [-0.4, -0.2) is 20.0 Å². The number of hydrogen-bond donors (Lipinski definition) is 0. The van der Waals surface area contributed by atoms with Gasteiger partial charge in [0.05, 0.1) is 30.9 Å². The van der Waals surface area contributed by atoms with Crippen LogP contribution >= 0.6 is 0 Å². The Morgan fingerprint density at radius 1 is 0.929 bits per heavy atom. The first-order valence-electron chi connectivity index (χ1n) is 8.25. The van der Waals surface area contributed by atoms with Crippen LogP contribution in [0.2, 0.25) is 0 Å². The molecule has 0 bridgehead atoms. The van der Waals surface area contributed by atoms with Gasteiger partial charge in [0, 0.05) is 16.3 Å². The molecular weight excluding hydrogens is 376 g/mol. The molecule has 0 saturated carbocycles. The van der Waals surface area contributed by atoms with Crippen molar-refractivity contribution in [3.05, 3.63) is 70.5 Å². The van der Waals surface area contributed by atoms with Gasteiger partial charge in [-0.1, -0.05) is 24.3 Å². The molecule has 3 aromatic rings. The van der Waals surface area contributed by atoms with Crippen LogP contribution in [-0.2, 0) is 6.18 Å². The number of methoxy groups -OCH3 is 2. The highest BCUT2D eigenvalue weighted by Gasteiger charge is 2.32. The van der Waals surface area contributed by atoms with Crippen LogP contribution in [0.4, 0.5) is 17.6 Å². The zero-order valence-electron chi connectivity index (χ0n) is 15.3. The maximum atomic E-state index is 14.4. The molecule has 3 nitrogen and oxygen atoms in total. The van der Waals surface area contributed by atoms with Crippen molar-refractivity contribution in [3.63, 3.8) is 0 Å². The molecule has 0 aliphatic heterocycles. The molecule has 7 heteroatoms. The first kappa shape index (κ1) is 19.7. The average molecular weight is 392 g/mol. The minimum atomic E-state index is -4.71. The highest BCUT2D eigenvalue weighted by Crippen LogP contribution is 2.41. The highest BCUT2D eigenvalue weighted by atomic mass is 19.4. The van der Waals surface area contributed by atoms with Gasteiger partial charge in [-0.05, 0) is 25.1 Å². The summed E-state index contributed by atoms with van der Waals surface area (Å²) in [5.74, 6) is -1.43. The van der Waals surface area contributed by atoms with E-state index in [1.54, 1.807) is 31.2 Å². The molecule has 0 atom stereocenters. The largest absolute Gasteiger partial charge is 0.496 e. The summed E-state index contributed by atoms with van der Waals surface area (Å²) in [5.41, 5.74) is -1.20. The molecule has 0 aromatic heterocycles. The van der Waals surface area contributed by atoms with E-state index in [-0.39, 0.29) is 11.3 Å². The van der Waals surface area contributed by atoms with Gasteiger partial charge in [0.2, 0.25) is 0 Å². The van der Waals surface area contributed by atoms with Crippen LogP contribution in [0.3, 0.4) is 0 Å². The molecule has 0 radical (unpaired) electrons. The summed E-state index contributed by atoms with van der Waals surface area (Å²) in [6.45, 7) is 1.61. The van der Waals surface area contributed by atoms with Gasteiger partial charge < -0.3 is 9.47 Å². The maximum Gasteiger partial charge on any atom is 0.416 e. The van der Waals surface area contributed by atoms with Crippen LogP contribution in [0.25, 0.3) is 10.8 Å². The number of benzene rings is 3. The third kappa shape index (κ3) is 3.17. The van der Waals surface area contributed by atoms with Gasteiger partial charge >= 0.3 is 6.18 Å². The van der Waals surface area contributed by atoms with E-state index in [2.05, 4.69) is 0 Å². The average Bonchev–Trinajstić information content (AvgIpc) is 2.65. The maximum absolute atomic E-state index is 14.4. The second-order valence-electron chi connectivity index (χ2n) is 6.13. The van der Waals surface area contributed by atoms with Crippen LogP contribution in [0, 0.1) is 12.7 Å². The van der Waals surface area contributed by atoms with Gasteiger partial charge in [0.25, 0.3) is 0 Å². The van der Waals surface area contributed by atoms with Gasteiger partial charge in [0.15, 0.2) is 5.78 Å². The van der Waals surface area contributed by atoms with E-state index in [9.17, 15) is 22.4 Å². The van der Waals surface area contributed by atoms with Crippen molar-refractivity contribution >= 4 is 16.6 Å². The molecule has 0 heterocycles. The van der Waals surface area contributed by atoms with Gasteiger partial charge in [-0.2, -0.15) is 13.2 Å². The summed E-state index contributed by atoms with van der Waals surface area (Å²) >= 11 is 0. The quantitative estimate of drug-likeness (QED) is 0.431. The number of fused-ring (bicyclic) bond motifs is 1. The zero-order valence-corrected chi connectivity index (χ0v) is 15.3. The van der Waals surface area contributed by atoms with Crippen LogP contribution in [0.1, 0.15) is 27.0 Å². The molecular formula is C21H16F4O3. The number of rotatable bonds is 4. The monoisotopic (exact) mass is 392 g/mol. The van der Waals surface area contributed by atoms with Crippen molar-refractivity contribution in [3.8, 4) is 11.5 Å². The normalized spacial score (nSPS) is 11.5. The van der Waals surface area contributed by atoms with Gasteiger partial charge in [-0.3, -0.25) is 4.79 Å². The minimum Gasteiger partial charge on any atom is -0.496 e. The Labute approximate surface area is 158 Å². The van der Waals surface area contributed by atoms with Crippen molar-refractivity contribution in [1.29, 1.82) is 0 Å². The van der Waals surface area contributed by atoms with E-state index in [0.717, 1.165) is 6.07 Å². The standard InChI is InChI=1S/C21H16F4O3/c1-11-17(18(26)15-9-8-12(10-16(15)22)21(23,24)25)20(28-3)14-7-5-4-6-13(14)19(11)27-2/h4-10H,1-3H3. The molecule has 0 saturated heterocycles. The van der Waals surface area contributed by atoms with Crippen molar-refractivity contribution in [2.24, 2.45) is 0 Å². The summed E-state index contributed by atoms with van der Waals surface area (Å²) < 4.78 is 63.6. The van der Waals surface area contributed by atoms with E-state index >= 15 is 0 Å². The Balaban J connectivity index is 2.26. The summed E-state index contributed by atoms with van der Waals surface area (Å²) in [6.07, 6.45) is -4.71. The number of halogens is 4. The molecule has 0 unspecified atom stereocenters. The van der Waals surface area contributed by atoms with E-state index in [4.69, 9.17) is 9.47 Å². The lowest BCUT2D eigenvalue weighted by atomic mass is 9.92. The van der Waals surface area contributed by atoms with E-state index in [1.165, 1.54) is 14.2 Å². The smallest absolute Gasteiger partial charge is 0.416 e. The second kappa shape index (κ2) is 7.14. The van der Waals surface area contributed by atoms with E-state index < -0.39 is 28.9 Å². The molecule has 3 rings (SSSR count). The Hall–Kier alpha value is -3.09. The number of carbonyl (C=O) groups excluding carboxylic acids is 1. The highest BCUT2D eigenvalue weighted by molar-refractivity contribution is 6.16. The van der Waals surface area contributed by atoms with Gasteiger partial charge in [0.1, 0.15) is 17.3 Å². The molecule has 0 fully saturated rings. The predicted octanol–water partition coefficient (Wildman–Crippen LogP) is 5.55. The number of hydrogen-bond acceptors (Lipinski definition) is 3. The van der Waals surface area contributed by atoms with Gasteiger partial charge in [-0.15, -0.1) is 0 Å². The molecule has 0 N–H and O–H groups in total. The first-order valence-corrected chi connectivity index (χ1v) is 8.25. The van der Waals surface area contributed by atoms with Crippen LogP contribution in [0.15, 0.2) is 42.5 Å². The Kier molecular flexibility index (Phi) is 5.02. The number of ketones is 1. The molecule has 3 aromatic carbocycles. The predicted molar refractivity (Wildman–Crippen MR) is 96.6 cm³/mol. The molecule has 146 valence electrons. The third-order valence-electron chi connectivity index (χ3n) is 4.54. The SMILES string of the molecule is COc1c(C)c(C(=O)c2ccc(C(F)(F)F)cc2F)c(OC)c2ccccc12. The third-order valence-corrected chi connectivity index (χ3v) is 4.54. The summed E-state index contributed by atoms with van der Waals surface area (Å²) in [7, 11) is 2.81. The number of ether oxygens (including phenoxy) is 2. The number of alkyl halides is 3. The van der Waals surface area contributed by atoms with Crippen LogP contribution in [0.5, 0.6) is 11.5 Å². The second-order valence-corrected chi connectivity index (χ2v) is 6.13. The van der Waals surface area contributed by atoms with Crippen molar-refractivity contribution in [2.75, 3.05) is 14.2 Å². The topological polar surface area (TPSA) is 35.5 Å². The summed E-state index contributed by atoms with van der Waals surface area (Å²) in [6, 6.07) is 8.87. The summed E-state index contributed by atoms with van der Waals surface area (Å²) in [4.78, 5) is 13.1. The fourth-order valence-electron chi connectivity index (χ4n) is 3.26. The Morgan fingerprint density at radius 3 is 2.00 bits per heavy atom. The lowest BCUT2D eigenvalue weighted by Gasteiger charge is -2.18. The lowest BCUT2D eigenvalue weighted by molar-refractivity contribution is -0.137. The zero-order chi connectivity index (χ0) is 20.6. The number of carbonyl (C=O) groups is 1. The molecule has 0 amide bonds. The molecule has 28 heavy (non-hydrogen) atoms. The minimum absolute atomic E-state index is 0.0386. The Morgan fingerprint density at radius 2 is 1.50 bits per heavy atom. The van der Waals surface area contributed by atoms with Crippen molar-refractivity contribution < 1.29 is 31.8 Å². The Bertz CT molecular complexity index is 1070. The van der Waals surface area contributed by atoms with E-state index in [1.807, 2.05) is 0 Å². The van der Waals surface area contributed by atoms with E-state index in [0.29, 0.717) is 34.2 Å². The lowest BCUT2D eigenvalue weighted by Crippen LogP contribution is -2.12. The van der Waals surface area contributed by atoms with Crippen molar-refractivity contribution in [2.45, 2.75) is 13.1 Å². The van der Waals surface area contributed by atoms with Gasteiger partial charge in [-0.25, -0.2) is 4.39 Å². The van der Waals surface area contributed by atoms with Crippen LogP contribution < -0.4 is 9.47 Å². The fraction of sp³-hybridized carbons (Fsp3) is 0.190. The van der Waals surface area contributed by atoms with Crippen molar-refractivity contribution in [1.82, 2.24) is 0 Å². The molecule has 0 aliphatic carbocycles. The first-order chi connectivity index (χ1) is 13.2. The molecule has 0 spiro atoms.